The second kappa shape index (κ2) is 8.64. The van der Waals surface area contributed by atoms with Crippen LogP contribution in [0.2, 0.25) is 0 Å². The summed E-state index contributed by atoms with van der Waals surface area (Å²) in [6.07, 6.45) is 0.314. The van der Waals surface area contributed by atoms with Crippen LogP contribution in [0.3, 0.4) is 0 Å². The standard InChI is InChI=1S/C21H22N4O5/c1-3-21(15-9-5-4-6-10-15)19(28)25(20(29)23-21)24-18(27)13-30-17-12-8-7-11-16(17)22-14(2)26/h4-12H,3,13H2,1-2H3,(H,22,26)(H,23,29)(H,24,27)/t21-/m1/s1. The maximum absolute atomic E-state index is 13.0. The molecule has 3 N–H and O–H groups in total. The number of urea groups is 1. The lowest BCUT2D eigenvalue weighted by Crippen LogP contribution is -2.49. The Morgan fingerprint density at radius 3 is 2.40 bits per heavy atom. The van der Waals surface area contributed by atoms with Crippen LogP contribution in [0.4, 0.5) is 10.5 Å². The number of nitrogens with one attached hydrogen (secondary N) is 3. The second-order valence-corrected chi connectivity index (χ2v) is 6.70. The van der Waals surface area contributed by atoms with Gasteiger partial charge in [-0.2, -0.15) is 5.01 Å². The summed E-state index contributed by atoms with van der Waals surface area (Å²) in [5, 5.41) is 5.94. The molecule has 0 aromatic heterocycles. The van der Waals surface area contributed by atoms with Crippen molar-refractivity contribution >= 4 is 29.4 Å². The van der Waals surface area contributed by atoms with E-state index < -0.39 is 30.0 Å². The number of hydrogen-bond donors (Lipinski definition) is 3. The van der Waals surface area contributed by atoms with E-state index in [0.717, 1.165) is 0 Å². The highest BCUT2D eigenvalue weighted by Gasteiger charge is 2.52. The molecule has 1 aliphatic rings. The summed E-state index contributed by atoms with van der Waals surface area (Å²) < 4.78 is 5.45. The zero-order valence-corrected chi connectivity index (χ0v) is 16.6. The molecule has 2 aromatic carbocycles. The Balaban J connectivity index is 1.68. The molecule has 5 amide bonds. The number of hydrogen-bond acceptors (Lipinski definition) is 5. The summed E-state index contributed by atoms with van der Waals surface area (Å²) in [7, 11) is 0. The number of anilines is 1. The Kier molecular flexibility index (Phi) is 6.01. The Hall–Kier alpha value is -3.88. The third kappa shape index (κ3) is 4.09. The quantitative estimate of drug-likeness (QED) is 0.603. The van der Waals surface area contributed by atoms with Gasteiger partial charge < -0.3 is 15.4 Å². The Morgan fingerprint density at radius 1 is 1.07 bits per heavy atom. The van der Waals surface area contributed by atoms with Crippen LogP contribution >= 0.6 is 0 Å². The van der Waals surface area contributed by atoms with E-state index in [1.54, 1.807) is 55.5 Å². The van der Waals surface area contributed by atoms with Gasteiger partial charge in [0.05, 0.1) is 5.69 Å². The SMILES string of the molecule is CC[C@]1(c2ccccc2)NC(=O)N(NC(=O)COc2ccccc2NC(C)=O)C1=O. The number of para-hydroxylation sites is 2. The number of imide groups is 1. The average molecular weight is 410 g/mol. The van der Waals surface area contributed by atoms with E-state index in [9.17, 15) is 19.2 Å². The molecular formula is C21H22N4O5. The molecule has 0 radical (unpaired) electrons. The first kappa shape index (κ1) is 20.8. The van der Waals surface area contributed by atoms with Crippen molar-refractivity contribution in [2.24, 2.45) is 0 Å². The maximum atomic E-state index is 13.0. The van der Waals surface area contributed by atoms with Gasteiger partial charge in [0.1, 0.15) is 11.3 Å². The van der Waals surface area contributed by atoms with Crippen molar-refractivity contribution in [3.8, 4) is 5.75 Å². The normalized spacial score (nSPS) is 18.0. The molecule has 9 heteroatoms. The topological polar surface area (TPSA) is 117 Å². The third-order valence-electron chi connectivity index (χ3n) is 4.68. The fourth-order valence-electron chi connectivity index (χ4n) is 3.22. The minimum Gasteiger partial charge on any atom is -0.482 e. The lowest BCUT2D eigenvalue weighted by Gasteiger charge is -2.25. The molecule has 2 aromatic rings. The summed E-state index contributed by atoms with van der Waals surface area (Å²) in [5.41, 5.74) is 2.08. The predicted octanol–water partition coefficient (Wildman–Crippen LogP) is 1.91. The van der Waals surface area contributed by atoms with E-state index in [2.05, 4.69) is 16.1 Å². The first-order valence-corrected chi connectivity index (χ1v) is 9.38. The van der Waals surface area contributed by atoms with Gasteiger partial charge in [-0.05, 0) is 24.1 Å². The van der Waals surface area contributed by atoms with Crippen LogP contribution in [0.15, 0.2) is 54.6 Å². The molecule has 1 fully saturated rings. The number of rotatable bonds is 7. The lowest BCUT2D eigenvalue weighted by molar-refractivity contribution is -0.140. The number of nitrogens with zero attached hydrogens (tertiary/aromatic N) is 1. The Labute approximate surface area is 173 Å². The molecule has 0 aliphatic carbocycles. The minimum absolute atomic E-state index is 0.284. The molecule has 156 valence electrons. The van der Waals surface area contributed by atoms with Crippen LogP contribution in [0.5, 0.6) is 5.75 Å². The van der Waals surface area contributed by atoms with Crippen molar-refractivity contribution in [3.63, 3.8) is 0 Å². The van der Waals surface area contributed by atoms with Crippen molar-refractivity contribution in [2.75, 3.05) is 11.9 Å². The van der Waals surface area contributed by atoms with Crippen LogP contribution in [-0.2, 0) is 19.9 Å². The number of hydrazine groups is 1. The monoisotopic (exact) mass is 410 g/mol. The molecule has 0 saturated carbocycles. The Morgan fingerprint density at radius 2 is 1.73 bits per heavy atom. The summed E-state index contributed by atoms with van der Waals surface area (Å²) in [5.74, 6) is -1.27. The summed E-state index contributed by atoms with van der Waals surface area (Å²) >= 11 is 0. The number of ether oxygens (including phenoxy) is 1. The molecule has 1 aliphatic heterocycles. The van der Waals surface area contributed by atoms with Crippen molar-refractivity contribution in [2.45, 2.75) is 25.8 Å². The number of carbonyl (C=O) groups excluding carboxylic acids is 4. The fourth-order valence-corrected chi connectivity index (χ4v) is 3.22. The van der Waals surface area contributed by atoms with E-state index in [0.29, 0.717) is 22.7 Å². The zero-order valence-electron chi connectivity index (χ0n) is 16.6. The van der Waals surface area contributed by atoms with Gasteiger partial charge in [0.2, 0.25) is 5.91 Å². The van der Waals surface area contributed by atoms with E-state index >= 15 is 0 Å². The van der Waals surface area contributed by atoms with Gasteiger partial charge >= 0.3 is 6.03 Å². The summed E-state index contributed by atoms with van der Waals surface area (Å²) in [6.45, 7) is 2.67. The van der Waals surface area contributed by atoms with Crippen molar-refractivity contribution in [3.05, 3.63) is 60.2 Å². The molecule has 30 heavy (non-hydrogen) atoms. The van der Waals surface area contributed by atoms with Gasteiger partial charge in [0.25, 0.3) is 11.8 Å². The number of carbonyl (C=O) groups is 4. The number of amides is 5. The van der Waals surface area contributed by atoms with Gasteiger partial charge in [-0.15, -0.1) is 0 Å². The van der Waals surface area contributed by atoms with Crippen molar-refractivity contribution < 1.29 is 23.9 Å². The molecule has 3 rings (SSSR count). The lowest BCUT2D eigenvalue weighted by atomic mass is 9.87. The van der Waals surface area contributed by atoms with Gasteiger partial charge in [-0.3, -0.25) is 19.8 Å². The number of benzene rings is 2. The van der Waals surface area contributed by atoms with Gasteiger partial charge in [-0.1, -0.05) is 49.4 Å². The van der Waals surface area contributed by atoms with Crippen molar-refractivity contribution in [1.29, 1.82) is 0 Å². The van der Waals surface area contributed by atoms with E-state index in [1.165, 1.54) is 6.92 Å². The molecule has 1 saturated heterocycles. The summed E-state index contributed by atoms with van der Waals surface area (Å²) in [6, 6.07) is 14.7. The molecule has 1 heterocycles. The molecule has 9 nitrogen and oxygen atoms in total. The van der Waals surface area contributed by atoms with Gasteiger partial charge in [-0.25, -0.2) is 4.79 Å². The molecule has 0 bridgehead atoms. The highest BCUT2D eigenvalue weighted by molar-refractivity contribution is 6.08. The van der Waals surface area contributed by atoms with Crippen LogP contribution in [0, 0.1) is 0 Å². The predicted molar refractivity (Wildman–Crippen MR) is 108 cm³/mol. The van der Waals surface area contributed by atoms with Crippen LogP contribution in [0.1, 0.15) is 25.8 Å². The Bertz CT molecular complexity index is 978. The van der Waals surface area contributed by atoms with E-state index in [-0.39, 0.29) is 11.7 Å². The smallest absolute Gasteiger partial charge is 0.344 e. The molecular weight excluding hydrogens is 388 g/mol. The fraction of sp³-hybridized carbons (Fsp3) is 0.238. The van der Waals surface area contributed by atoms with Gasteiger partial charge in [0.15, 0.2) is 6.61 Å². The largest absolute Gasteiger partial charge is 0.482 e. The van der Waals surface area contributed by atoms with E-state index in [4.69, 9.17) is 4.74 Å². The van der Waals surface area contributed by atoms with Gasteiger partial charge in [0, 0.05) is 6.92 Å². The van der Waals surface area contributed by atoms with E-state index in [1.807, 2.05) is 6.07 Å². The minimum atomic E-state index is -1.25. The molecule has 1 atom stereocenters. The van der Waals surface area contributed by atoms with Crippen LogP contribution in [0.25, 0.3) is 0 Å². The third-order valence-corrected chi connectivity index (χ3v) is 4.68. The first-order chi connectivity index (χ1) is 14.4. The highest BCUT2D eigenvalue weighted by atomic mass is 16.5. The first-order valence-electron chi connectivity index (χ1n) is 9.38. The van der Waals surface area contributed by atoms with Crippen LogP contribution in [-0.4, -0.2) is 35.4 Å². The molecule has 0 unspecified atom stereocenters. The second-order valence-electron chi connectivity index (χ2n) is 6.70. The maximum Gasteiger partial charge on any atom is 0.344 e. The van der Waals surface area contributed by atoms with Crippen molar-refractivity contribution in [1.82, 2.24) is 15.8 Å². The summed E-state index contributed by atoms with van der Waals surface area (Å²) in [4.78, 5) is 49.0. The average Bonchev–Trinajstić information content (AvgIpc) is 2.98. The highest BCUT2D eigenvalue weighted by Crippen LogP contribution is 2.31. The zero-order chi connectivity index (χ0) is 21.7. The van der Waals surface area contributed by atoms with Crippen LogP contribution < -0.4 is 20.8 Å². The molecule has 0 spiro atoms.